The number of phenolic OH excluding ortho intramolecular Hbond substituents is 1. The summed E-state index contributed by atoms with van der Waals surface area (Å²) in [6.07, 6.45) is 0.576. The fraction of sp³-hybridized carbons (Fsp3) is 0.214. The van der Waals surface area contributed by atoms with E-state index in [4.69, 9.17) is 4.52 Å². The van der Waals surface area contributed by atoms with Gasteiger partial charge in [0.25, 0.3) is 0 Å². The van der Waals surface area contributed by atoms with Gasteiger partial charge in [0, 0.05) is 11.1 Å². The number of aromatic nitrogens is 3. The number of hydrogen-bond acceptors (Lipinski definition) is 7. The molecule has 6 nitrogen and oxygen atoms in total. The summed E-state index contributed by atoms with van der Waals surface area (Å²) in [5.74, 6) is 1.38. The van der Waals surface area contributed by atoms with E-state index in [1.165, 1.54) is 0 Å². The molecule has 2 aromatic heterocycles. The van der Waals surface area contributed by atoms with Crippen molar-refractivity contribution in [1.29, 1.82) is 0 Å². The van der Waals surface area contributed by atoms with Crippen molar-refractivity contribution in [2.24, 2.45) is 0 Å². The predicted molar refractivity (Wildman–Crippen MR) is 79.4 cm³/mol. The summed E-state index contributed by atoms with van der Waals surface area (Å²) < 4.78 is 5.19. The van der Waals surface area contributed by atoms with Crippen LogP contribution in [-0.2, 0) is 13.0 Å². The molecule has 0 saturated carbocycles. The molecule has 108 valence electrons. The molecule has 0 atom stereocenters. The van der Waals surface area contributed by atoms with Crippen LogP contribution < -0.4 is 5.32 Å². The number of aryl methyl sites for hydroxylation is 1. The quantitative estimate of drug-likeness (QED) is 0.705. The molecule has 2 N–H and O–H groups in total. The highest BCUT2D eigenvalue weighted by molar-refractivity contribution is 7.09. The first-order valence-electron chi connectivity index (χ1n) is 6.44. The molecule has 7 heteroatoms. The molecule has 0 radical (unpaired) electrons. The number of anilines is 1. The second-order valence-corrected chi connectivity index (χ2v) is 5.60. The second-order valence-electron chi connectivity index (χ2n) is 4.54. The van der Waals surface area contributed by atoms with Gasteiger partial charge in [0.2, 0.25) is 5.89 Å². The van der Waals surface area contributed by atoms with Gasteiger partial charge >= 0.3 is 0 Å². The normalized spacial score (nSPS) is 10.7. The molecule has 1 aromatic carbocycles. The van der Waals surface area contributed by atoms with E-state index in [-0.39, 0.29) is 5.75 Å². The average molecular weight is 302 g/mol. The third-order valence-corrected chi connectivity index (χ3v) is 3.65. The van der Waals surface area contributed by atoms with Gasteiger partial charge in [-0.3, -0.25) is 0 Å². The molecule has 0 amide bonds. The van der Waals surface area contributed by atoms with Crippen molar-refractivity contribution in [2.45, 2.75) is 19.9 Å². The Labute approximate surface area is 125 Å². The summed E-state index contributed by atoms with van der Waals surface area (Å²) in [5.41, 5.74) is 1.83. The van der Waals surface area contributed by atoms with Crippen LogP contribution in [0.4, 0.5) is 5.69 Å². The first kappa shape index (κ1) is 13.6. The number of phenols is 1. The summed E-state index contributed by atoms with van der Waals surface area (Å²) in [5, 5.41) is 19.3. The Morgan fingerprint density at radius 2 is 2.05 bits per heavy atom. The lowest BCUT2D eigenvalue weighted by molar-refractivity contribution is 0.378. The number of hydrogen-bond donors (Lipinski definition) is 2. The predicted octanol–water partition coefficient (Wildman–Crippen LogP) is 2.74. The fourth-order valence-corrected chi connectivity index (χ4v) is 2.45. The van der Waals surface area contributed by atoms with E-state index in [0.29, 0.717) is 24.7 Å². The van der Waals surface area contributed by atoms with Crippen LogP contribution >= 0.6 is 11.3 Å². The number of benzene rings is 1. The Bertz CT molecular complexity index is 721. The van der Waals surface area contributed by atoms with Crippen molar-refractivity contribution in [3.8, 4) is 5.75 Å². The van der Waals surface area contributed by atoms with Crippen molar-refractivity contribution in [3.05, 3.63) is 52.1 Å². The zero-order valence-corrected chi connectivity index (χ0v) is 12.2. The highest BCUT2D eigenvalue weighted by Crippen LogP contribution is 2.15. The summed E-state index contributed by atoms with van der Waals surface area (Å²) in [4.78, 5) is 8.70. The van der Waals surface area contributed by atoms with E-state index in [9.17, 15) is 5.11 Å². The zero-order valence-electron chi connectivity index (χ0n) is 11.4. The first-order chi connectivity index (χ1) is 10.2. The molecular weight excluding hydrogens is 288 g/mol. The third-order valence-electron chi connectivity index (χ3n) is 2.83. The maximum atomic E-state index is 9.21. The van der Waals surface area contributed by atoms with Crippen LogP contribution in [0, 0.1) is 6.92 Å². The summed E-state index contributed by atoms with van der Waals surface area (Å²) in [6.45, 7) is 2.41. The molecule has 0 spiro atoms. The third kappa shape index (κ3) is 3.57. The van der Waals surface area contributed by atoms with Crippen LogP contribution in [-0.4, -0.2) is 20.2 Å². The molecule has 2 heterocycles. The van der Waals surface area contributed by atoms with Gasteiger partial charge in [-0.2, -0.15) is 4.98 Å². The van der Waals surface area contributed by atoms with Gasteiger partial charge in [-0.1, -0.05) is 5.16 Å². The van der Waals surface area contributed by atoms with Gasteiger partial charge in [0.1, 0.15) is 5.75 Å². The lowest BCUT2D eigenvalue weighted by atomic mass is 10.3. The molecule has 3 rings (SSSR count). The number of nitrogens with one attached hydrogen (secondary N) is 1. The van der Waals surface area contributed by atoms with Gasteiger partial charge in [0.15, 0.2) is 5.82 Å². The van der Waals surface area contributed by atoms with Crippen molar-refractivity contribution >= 4 is 17.0 Å². The average Bonchev–Trinajstić information content (AvgIpc) is 3.08. The Hall–Kier alpha value is -2.41. The summed E-state index contributed by atoms with van der Waals surface area (Å²) in [7, 11) is 0. The smallest absolute Gasteiger partial charge is 0.245 e. The van der Waals surface area contributed by atoms with Crippen LogP contribution in [0.5, 0.6) is 5.75 Å². The Morgan fingerprint density at radius 1 is 1.24 bits per heavy atom. The Balaban J connectivity index is 1.58. The van der Waals surface area contributed by atoms with Crippen LogP contribution in [0.25, 0.3) is 0 Å². The fourth-order valence-electron chi connectivity index (χ4n) is 1.84. The molecule has 0 aliphatic carbocycles. The van der Waals surface area contributed by atoms with Crippen LogP contribution in [0.1, 0.15) is 22.4 Å². The monoisotopic (exact) mass is 302 g/mol. The van der Waals surface area contributed by atoms with Crippen molar-refractivity contribution in [3.63, 3.8) is 0 Å². The molecule has 0 aliphatic heterocycles. The maximum absolute atomic E-state index is 9.21. The molecule has 0 fully saturated rings. The number of rotatable bonds is 5. The van der Waals surface area contributed by atoms with Crippen LogP contribution in [0.3, 0.4) is 0 Å². The number of aromatic hydroxyl groups is 1. The van der Waals surface area contributed by atoms with E-state index in [2.05, 4.69) is 20.4 Å². The molecule has 0 aliphatic rings. The van der Waals surface area contributed by atoms with Gasteiger partial charge in [0.05, 0.1) is 23.7 Å². The molecular formula is C14H14N4O2S. The minimum absolute atomic E-state index is 0.235. The van der Waals surface area contributed by atoms with Gasteiger partial charge in [-0.05, 0) is 31.2 Å². The summed E-state index contributed by atoms with van der Waals surface area (Å²) in [6, 6.07) is 6.80. The van der Waals surface area contributed by atoms with Crippen LogP contribution in [0.15, 0.2) is 34.2 Å². The largest absolute Gasteiger partial charge is 0.508 e. The van der Waals surface area contributed by atoms with E-state index >= 15 is 0 Å². The van der Waals surface area contributed by atoms with Crippen molar-refractivity contribution in [1.82, 2.24) is 15.1 Å². The number of thiazole rings is 1. The number of nitrogens with zero attached hydrogens (tertiary/aromatic N) is 3. The van der Waals surface area contributed by atoms with Crippen molar-refractivity contribution < 1.29 is 9.63 Å². The second kappa shape index (κ2) is 5.92. The zero-order chi connectivity index (χ0) is 14.7. The highest BCUT2D eigenvalue weighted by atomic mass is 32.1. The standard InChI is InChI=1S/C14H14N4O2S/c1-9-16-11(8-21-9)6-13-17-14(20-18-13)7-15-10-2-4-12(19)5-3-10/h2-5,8,15,19H,6-7H2,1H3. The lowest BCUT2D eigenvalue weighted by Crippen LogP contribution is -2.00. The topological polar surface area (TPSA) is 84.1 Å². The Kier molecular flexibility index (Phi) is 3.83. The first-order valence-corrected chi connectivity index (χ1v) is 7.32. The molecule has 21 heavy (non-hydrogen) atoms. The van der Waals surface area contributed by atoms with Crippen molar-refractivity contribution in [2.75, 3.05) is 5.32 Å². The van der Waals surface area contributed by atoms with E-state index in [0.717, 1.165) is 16.4 Å². The van der Waals surface area contributed by atoms with Crippen LogP contribution in [0.2, 0.25) is 0 Å². The summed E-state index contributed by atoms with van der Waals surface area (Å²) >= 11 is 1.61. The van der Waals surface area contributed by atoms with E-state index in [1.807, 2.05) is 12.3 Å². The minimum atomic E-state index is 0.235. The van der Waals surface area contributed by atoms with E-state index in [1.54, 1.807) is 35.6 Å². The minimum Gasteiger partial charge on any atom is -0.508 e. The van der Waals surface area contributed by atoms with Gasteiger partial charge in [-0.15, -0.1) is 11.3 Å². The Morgan fingerprint density at radius 3 is 2.76 bits per heavy atom. The lowest BCUT2D eigenvalue weighted by Gasteiger charge is -2.02. The maximum Gasteiger partial charge on any atom is 0.245 e. The highest BCUT2D eigenvalue weighted by Gasteiger charge is 2.08. The van der Waals surface area contributed by atoms with Gasteiger partial charge in [-0.25, -0.2) is 4.98 Å². The molecule has 0 bridgehead atoms. The molecule has 0 unspecified atom stereocenters. The SMILES string of the molecule is Cc1nc(Cc2noc(CNc3ccc(O)cc3)n2)cs1. The van der Waals surface area contributed by atoms with E-state index < -0.39 is 0 Å². The molecule has 3 aromatic rings. The van der Waals surface area contributed by atoms with Gasteiger partial charge < -0.3 is 14.9 Å². The molecule has 0 saturated heterocycles.